The maximum absolute atomic E-state index is 4.72. The lowest BCUT2D eigenvalue weighted by Gasteiger charge is -2.15. The zero-order valence-electron chi connectivity index (χ0n) is 9.86. The summed E-state index contributed by atoms with van der Waals surface area (Å²) in [4.78, 5) is 4.72. The lowest BCUT2D eigenvalue weighted by Crippen LogP contribution is -2.04. The average molecular weight is 202 g/mol. The summed E-state index contributed by atoms with van der Waals surface area (Å²) in [5, 5.41) is 0. The molecule has 0 N–H and O–H groups in total. The Hall–Kier alpha value is -1.31. The van der Waals surface area contributed by atoms with Gasteiger partial charge in [-0.2, -0.15) is 0 Å². The molecule has 80 valence electrons. The van der Waals surface area contributed by atoms with Crippen LogP contribution in [0.15, 0.2) is 24.5 Å². The first-order valence-electron chi connectivity index (χ1n) is 5.57. The average Bonchev–Trinajstić information content (AvgIpc) is 2.61. The van der Waals surface area contributed by atoms with Gasteiger partial charge in [0, 0.05) is 12.4 Å². The smallest absolute Gasteiger partial charge is 0.136 e. The highest BCUT2D eigenvalue weighted by atomic mass is 15.0. The Kier molecular flexibility index (Phi) is 2.51. The molecule has 0 bridgehead atoms. The normalized spacial score (nSPS) is 11.9. The highest BCUT2D eigenvalue weighted by Gasteiger charge is 2.12. The molecule has 2 heterocycles. The van der Waals surface area contributed by atoms with E-state index in [1.54, 1.807) is 0 Å². The molecule has 2 heteroatoms. The van der Waals surface area contributed by atoms with E-state index in [-0.39, 0.29) is 0 Å². The van der Waals surface area contributed by atoms with Crippen molar-refractivity contribution < 1.29 is 0 Å². The standard InChI is InChI=1S/C13H18N2/c1-9(2)11-8-15-7-5-6-12(15)14-13(11)10(3)4/h5-10H,1-4H3. The van der Waals surface area contributed by atoms with Gasteiger partial charge in [-0.3, -0.25) is 0 Å². The van der Waals surface area contributed by atoms with E-state index in [0.29, 0.717) is 11.8 Å². The van der Waals surface area contributed by atoms with Gasteiger partial charge < -0.3 is 4.40 Å². The summed E-state index contributed by atoms with van der Waals surface area (Å²) >= 11 is 0. The third-order valence-electron chi connectivity index (χ3n) is 2.73. The van der Waals surface area contributed by atoms with Gasteiger partial charge in [0.05, 0.1) is 5.69 Å². The van der Waals surface area contributed by atoms with Crippen LogP contribution in [0.2, 0.25) is 0 Å². The molecule has 0 aliphatic carbocycles. The first-order valence-corrected chi connectivity index (χ1v) is 5.57. The van der Waals surface area contributed by atoms with Crippen molar-refractivity contribution in [2.24, 2.45) is 0 Å². The molecular weight excluding hydrogens is 184 g/mol. The lowest BCUT2D eigenvalue weighted by molar-refractivity contribution is 0.749. The van der Waals surface area contributed by atoms with Gasteiger partial charge in [0.15, 0.2) is 0 Å². The molecular formula is C13H18N2. The minimum absolute atomic E-state index is 0.488. The molecule has 0 amide bonds. The van der Waals surface area contributed by atoms with E-state index >= 15 is 0 Å². The van der Waals surface area contributed by atoms with Crippen LogP contribution in [0.5, 0.6) is 0 Å². The zero-order chi connectivity index (χ0) is 11.0. The van der Waals surface area contributed by atoms with Crippen molar-refractivity contribution in [1.29, 1.82) is 0 Å². The van der Waals surface area contributed by atoms with Crippen molar-refractivity contribution in [2.45, 2.75) is 39.5 Å². The molecule has 0 saturated heterocycles. The largest absolute Gasteiger partial charge is 0.308 e. The topological polar surface area (TPSA) is 17.3 Å². The number of hydrogen-bond donors (Lipinski definition) is 0. The fourth-order valence-corrected chi connectivity index (χ4v) is 1.90. The second-order valence-electron chi connectivity index (χ2n) is 4.66. The molecule has 2 rings (SSSR count). The lowest BCUT2D eigenvalue weighted by atomic mass is 9.97. The molecule has 2 nitrogen and oxygen atoms in total. The molecule has 0 atom stereocenters. The van der Waals surface area contributed by atoms with Crippen molar-refractivity contribution in [3.63, 3.8) is 0 Å². The maximum atomic E-state index is 4.72. The van der Waals surface area contributed by atoms with Crippen LogP contribution in [0, 0.1) is 0 Å². The molecule has 0 spiro atoms. The summed E-state index contributed by atoms with van der Waals surface area (Å²) in [6.07, 6.45) is 4.26. The molecule has 2 aromatic rings. The Bertz CT molecular complexity index is 424. The highest BCUT2D eigenvalue weighted by molar-refractivity contribution is 5.42. The number of fused-ring (bicyclic) bond motifs is 1. The van der Waals surface area contributed by atoms with E-state index in [0.717, 1.165) is 5.65 Å². The Morgan fingerprint density at radius 3 is 2.47 bits per heavy atom. The SMILES string of the molecule is CC(C)c1cn2cccc2nc1C(C)C. The monoisotopic (exact) mass is 202 g/mol. The first-order chi connectivity index (χ1) is 7.09. The first kappa shape index (κ1) is 10.2. The molecule has 2 aromatic heterocycles. The van der Waals surface area contributed by atoms with E-state index in [2.05, 4.69) is 50.6 Å². The number of rotatable bonds is 2. The summed E-state index contributed by atoms with van der Waals surface area (Å²) < 4.78 is 2.10. The molecule has 0 aromatic carbocycles. The van der Waals surface area contributed by atoms with Crippen molar-refractivity contribution in [3.05, 3.63) is 35.8 Å². The predicted octanol–water partition coefficient (Wildman–Crippen LogP) is 3.58. The number of hydrogen-bond acceptors (Lipinski definition) is 1. The van der Waals surface area contributed by atoms with Crippen molar-refractivity contribution >= 4 is 5.65 Å². The summed E-state index contributed by atoms with van der Waals surface area (Å²) in [5.41, 5.74) is 3.63. The van der Waals surface area contributed by atoms with Crippen LogP contribution in [0.25, 0.3) is 5.65 Å². The van der Waals surface area contributed by atoms with Crippen LogP contribution < -0.4 is 0 Å². The minimum atomic E-state index is 0.488. The Balaban J connectivity index is 2.68. The summed E-state index contributed by atoms with van der Waals surface area (Å²) in [7, 11) is 0. The van der Waals surface area contributed by atoms with E-state index in [1.165, 1.54) is 11.3 Å². The van der Waals surface area contributed by atoms with Crippen molar-refractivity contribution in [1.82, 2.24) is 9.38 Å². The number of aromatic nitrogens is 2. The summed E-state index contributed by atoms with van der Waals surface area (Å²) in [5.74, 6) is 1.02. The van der Waals surface area contributed by atoms with E-state index in [4.69, 9.17) is 4.98 Å². The van der Waals surface area contributed by atoms with Gasteiger partial charge in [0.1, 0.15) is 5.65 Å². The van der Waals surface area contributed by atoms with Crippen LogP contribution >= 0.6 is 0 Å². The molecule has 0 aliphatic heterocycles. The van der Waals surface area contributed by atoms with Gasteiger partial charge in [-0.05, 0) is 29.5 Å². The minimum Gasteiger partial charge on any atom is -0.308 e. The Morgan fingerprint density at radius 2 is 1.87 bits per heavy atom. The third-order valence-corrected chi connectivity index (χ3v) is 2.73. The Morgan fingerprint density at radius 1 is 1.13 bits per heavy atom. The fourth-order valence-electron chi connectivity index (χ4n) is 1.90. The zero-order valence-corrected chi connectivity index (χ0v) is 9.86. The van der Waals surface area contributed by atoms with E-state index < -0.39 is 0 Å². The van der Waals surface area contributed by atoms with Gasteiger partial charge >= 0.3 is 0 Å². The van der Waals surface area contributed by atoms with Crippen LogP contribution in [-0.2, 0) is 0 Å². The van der Waals surface area contributed by atoms with E-state index in [9.17, 15) is 0 Å². The van der Waals surface area contributed by atoms with Gasteiger partial charge in [-0.15, -0.1) is 0 Å². The van der Waals surface area contributed by atoms with Crippen LogP contribution in [0.3, 0.4) is 0 Å². The number of nitrogens with zero attached hydrogens (tertiary/aromatic N) is 2. The van der Waals surface area contributed by atoms with Gasteiger partial charge in [0.2, 0.25) is 0 Å². The van der Waals surface area contributed by atoms with Gasteiger partial charge in [-0.25, -0.2) is 4.98 Å². The van der Waals surface area contributed by atoms with Crippen LogP contribution in [-0.4, -0.2) is 9.38 Å². The van der Waals surface area contributed by atoms with E-state index in [1.807, 2.05) is 6.07 Å². The second kappa shape index (κ2) is 3.69. The molecule has 0 fully saturated rings. The predicted molar refractivity (Wildman–Crippen MR) is 63.4 cm³/mol. The fraction of sp³-hybridized carbons (Fsp3) is 0.462. The van der Waals surface area contributed by atoms with Crippen LogP contribution in [0.4, 0.5) is 0 Å². The molecule has 0 saturated carbocycles. The molecule has 0 unspecified atom stereocenters. The molecule has 15 heavy (non-hydrogen) atoms. The van der Waals surface area contributed by atoms with Crippen LogP contribution in [0.1, 0.15) is 50.8 Å². The third kappa shape index (κ3) is 1.76. The summed E-state index contributed by atoms with van der Waals surface area (Å²) in [6.45, 7) is 8.85. The van der Waals surface area contributed by atoms with Gasteiger partial charge in [0.25, 0.3) is 0 Å². The maximum Gasteiger partial charge on any atom is 0.136 e. The van der Waals surface area contributed by atoms with Gasteiger partial charge in [-0.1, -0.05) is 27.7 Å². The second-order valence-corrected chi connectivity index (χ2v) is 4.66. The summed E-state index contributed by atoms with van der Waals surface area (Å²) in [6, 6.07) is 4.09. The Labute approximate surface area is 91.0 Å². The quantitative estimate of drug-likeness (QED) is 0.727. The highest BCUT2D eigenvalue weighted by Crippen LogP contribution is 2.24. The molecule has 0 radical (unpaired) electrons. The molecule has 0 aliphatic rings. The van der Waals surface area contributed by atoms with Crippen molar-refractivity contribution in [3.8, 4) is 0 Å². The van der Waals surface area contributed by atoms with Crippen molar-refractivity contribution in [2.75, 3.05) is 0 Å².